The van der Waals surface area contributed by atoms with Gasteiger partial charge in [-0.2, -0.15) is 13.2 Å². The number of hydrogen-bond donors (Lipinski definition) is 0. The van der Waals surface area contributed by atoms with Gasteiger partial charge in [-0.25, -0.2) is 8.42 Å². The van der Waals surface area contributed by atoms with E-state index in [4.69, 9.17) is 11.6 Å². The van der Waals surface area contributed by atoms with Gasteiger partial charge in [-0.3, -0.25) is 9.10 Å². The van der Waals surface area contributed by atoms with E-state index in [-0.39, 0.29) is 10.6 Å². The van der Waals surface area contributed by atoms with Crippen LogP contribution in [0.2, 0.25) is 0 Å². The molecule has 1 unspecified atom stereocenters. The van der Waals surface area contributed by atoms with Crippen molar-refractivity contribution in [2.24, 2.45) is 0 Å². The lowest BCUT2D eigenvalue weighted by Crippen LogP contribution is -2.42. The molecule has 2 aromatic carbocycles. The van der Waals surface area contributed by atoms with Crippen molar-refractivity contribution in [2.45, 2.75) is 24.0 Å². The van der Waals surface area contributed by atoms with Crippen LogP contribution < -0.4 is 4.31 Å². The summed E-state index contributed by atoms with van der Waals surface area (Å²) in [6, 6.07) is 9.39. The molecule has 25 heavy (non-hydrogen) atoms. The first kappa shape index (κ1) is 19.3. The number of rotatable bonds is 5. The van der Waals surface area contributed by atoms with Gasteiger partial charge in [-0.1, -0.05) is 24.3 Å². The lowest BCUT2D eigenvalue weighted by Gasteiger charge is -2.28. The van der Waals surface area contributed by atoms with E-state index in [2.05, 4.69) is 0 Å². The normalized spacial score (nSPS) is 13.3. The van der Waals surface area contributed by atoms with E-state index in [1.54, 1.807) is 6.07 Å². The second-order valence-corrected chi connectivity index (χ2v) is 7.33. The molecule has 4 nitrogen and oxygen atoms in total. The van der Waals surface area contributed by atoms with Gasteiger partial charge in [-0.15, -0.1) is 0 Å². The van der Waals surface area contributed by atoms with Crippen molar-refractivity contribution in [1.82, 2.24) is 0 Å². The standard InChI is InChI=1S/C16H13ClF3NO3S/c1-11(15(17)22)21(25(23,24)14-8-3-2-4-9-14)13-7-5-6-12(10-13)16(18,19)20/h2-11H,1H3. The average molecular weight is 392 g/mol. The van der Waals surface area contributed by atoms with Crippen molar-refractivity contribution in [3.63, 3.8) is 0 Å². The molecular formula is C16H13ClF3NO3S. The second-order valence-electron chi connectivity index (χ2n) is 5.14. The van der Waals surface area contributed by atoms with Crippen LogP contribution in [0.25, 0.3) is 0 Å². The minimum Gasteiger partial charge on any atom is -0.279 e. The number of sulfonamides is 1. The maximum absolute atomic E-state index is 12.9. The van der Waals surface area contributed by atoms with E-state index in [1.807, 2.05) is 0 Å². The quantitative estimate of drug-likeness (QED) is 0.722. The smallest absolute Gasteiger partial charge is 0.279 e. The largest absolute Gasteiger partial charge is 0.416 e. The highest BCUT2D eigenvalue weighted by Crippen LogP contribution is 2.34. The zero-order valence-corrected chi connectivity index (χ0v) is 14.4. The molecule has 0 bridgehead atoms. The SMILES string of the molecule is CC(C(=O)Cl)N(c1cccc(C(F)(F)F)c1)S(=O)(=O)c1ccccc1. The molecule has 0 aliphatic carbocycles. The molecule has 0 N–H and O–H groups in total. The molecule has 0 saturated carbocycles. The number of carbonyl (C=O) groups excluding carboxylic acids is 1. The number of benzene rings is 2. The fourth-order valence-corrected chi connectivity index (χ4v) is 3.97. The third-order valence-corrected chi connectivity index (χ3v) is 5.64. The van der Waals surface area contributed by atoms with Crippen LogP contribution in [-0.2, 0) is 21.0 Å². The van der Waals surface area contributed by atoms with Gasteiger partial charge in [0.25, 0.3) is 10.0 Å². The predicted molar refractivity (Wildman–Crippen MR) is 87.9 cm³/mol. The minimum atomic E-state index is -4.66. The van der Waals surface area contributed by atoms with Crippen molar-refractivity contribution in [3.8, 4) is 0 Å². The van der Waals surface area contributed by atoms with Crippen molar-refractivity contribution < 1.29 is 26.4 Å². The molecule has 0 aliphatic heterocycles. The van der Waals surface area contributed by atoms with Gasteiger partial charge in [0.15, 0.2) is 0 Å². The molecule has 0 amide bonds. The van der Waals surface area contributed by atoms with Crippen LogP contribution in [0, 0.1) is 0 Å². The monoisotopic (exact) mass is 391 g/mol. The third kappa shape index (κ3) is 4.13. The molecule has 134 valence electrons. The highest BCUT2D eigenvalue weighted by Gasteiger charge is 2.35. The molecule has 0 heterocycles. The summed E-state index contributed by atoms with van der Waals surface area (Å²) in [6.07, 6.45) is -4.66. The van der Waals surface area contributed by atoms with Gasteiger partial charge < -0.3 is 0 Å². The Kier molecular flexibility index (Phi) is 5.43. The molecule has 0 fully saturated rings. The molecule has 2 aromatic rings. The molecular weight excluding hydrogens is 379 g/mol. The number of anilines is 1. The fraction of sp³-hybridized carbons (Fsp3) is 0.188. The number of nitrogens with zero attached hydrogens (tertiary/aromatic N) is 1. The Morgan fingerprint density at radius 3 is 2.20 bits per heavy atom. The van der Waals surface area contributed by atoms with Crippen molar-refractivity contribution >= 4 is 32.6 Å². The average Bonchev–Trinajstić information content (AvgIpc) is 2.55. The van der Waals surface area contributed by atoms with E-state index in [0.717, 1.165) is 12.1 Å². The van der Waals surface area contributed by atoms with E-state index in [9.17, 15) is 26.4 Å². The van der Waals surface area contributed by atoms with Crippen LogP contribution in [0.15, 0.2) is 59.5 Å². The van der Waals surface area contributed by atoms with Crippen molar-refractivity contribution in [1.29, 1.82) is 0 Å². The molecule has 0 aliphatic rings. The summed E-state index contributed by atoms with van der Waals surface area (Å²) in [5, 5.41) is -1.02. The fourth-order valence-electron chi connectivity index (χ4n) is 2.19. The Bertz CT molecular complexity index is 870. The Labute approximate surface area is 147 Å². The van der Waals surface area contributed by atoms with Crippen LogP contribution in [-0.4, -0.2) is 19.7 Å². The summed E-state index contributed by atoms with van der Waals surface area (Å²) in [5.41, 5.74) is -1.34. The minimum absolute atomic E-state index is 0.169. The first-order chi connectivity index (χ1) is 11.5. The Morgan fingerprint density at radius 1 is 1.08 bits per heavy atom. The van der Waals surface area contributed by atoms with Gasteiger partial charge >= 0.3 is 6.18 Å². The van der Waals surface area contributed by atoms with Crippen molar-refractivity contribution in [2.75, 3.05) is 4.31 Å². The molecule has 0 radical (unpaired) electrons. The first-order valence-corrected chi connectivity index (χ1v) is 8.83. The van der Waals surface area contributed by atoms with E-state index < -0.39 is 33.0 Å². The van der Waals surface area contributed by atoms with Gasteiger partial charge in [0.2, 0.25) is 5.24 Å². The highest BCUT2D eigenvalue weighted by molar-refractivity contribution is 7.93. The van der Waals surface area contributed by atoms with Crippen LogP contribution in [0.4, 0.5) is 18.9 Å². The summed E-state index contributed by atoms with van der Waals surface area (Å²) in [7, 11) is -4.30. The van der Waals surface area contributed by atoms with E-state index >= 15 is 0 Å². The van der Waals surface area contributed by atoms with Gasteiger partial charge in [0.05, 0.1) is 16.1 Å². The number of alkyl halides is 3. The number of carbonyl (C=O) groups is 1. The van der Waals surface area contributed by atoms with E-state index in [1.165, 1.54) is 37.3 Å². The molecule has 1 atom stereocenters. The zero-order chi connectivity index (χ0) is 18.8. The molecule has 0 spiro atoms. The van der Waals surface area contributed by atoms with Crippen LogP contribution in [0.3, 0.4) is 0 Å². The topological polar surface area (TPSA) is 54.5 Å². The number of hydrogen-bond acceptors (Lipinski definition) is 3. The Morgan fingerprint density at radius 2 is 1.68 bits per heavy atom. The van der Waals surface area contributed by atoms with Gasteiger partial charge in [-0.05, 0) is 48.9 Å². The van der Waals surface area contributed by atoms with Crippen LogP contribution in [0.1, 0.15) is 12.5 Å². The Hall–Kier alpha value is -2.06. The Balaban J connectivity index is 2.65. The lowest BCUT2D eigenvalue weighted by molar-refractivity contribution is -0.137. The zero-order valence-electron chi connectivity index (χ0n) is 12.9. The van der Waals surface area contributed by atoms with Crippen LogP contribution in [0.5, 0.6) is 0 Å². The molecule has 9 heteroatoms. The third-order valence-electron chi connectivity index (χ3n) is 3.41. The summed E-state index contributed by atoms with van der Waals surface area (Å²) in [5.74, 6) is 0. The highest BCUT2D eigenvalue weighted by atomic mass is 35.5. The maximum Gasteiger partial charge on any atom is 0.416 e. The van der Waals surface area contributed by atoms with E-state index in [0.29, 0.717) is 10.4 Å². The first-order valence-electron chi connectivity index (χ1n) is 7.01. The van der Waals surface area contributed by atoms with Gasteiger partial charge in [0, 0.05) is 0 Å². The summed E-state index contributed by atoms with van der Waals surface area (Å²) >= 11 is 5.43. The molecule has 2 rings (SSSR count). The molecule has 0 saturated heterocycles. The summed E-state index contributed by atoms with van der Waals surface area (Å²) in [4.78, 5) is 11.4. The van der Waals surface area contributed by atoms with Crippen molar-refractivity contribution in [3.05, 3.63) is 60.2 Å². The molecule has 0 aromatic heterocycles. The number of halogens is 4. The summed E-state index contributed by atoms with van der Waals surface area (Å²) < 4.78 is 65.2. The van der Waals surface area contributed by atoms with Gasteiger partial charge in [0.1, 0.15) is 6.04 Å². The van der Waals surface area contributed by atoms with Crippen LogP contribution >= 0.6 is 11.6 Å². The summed E-state index contributed by atoms with van der Waals surface area (Å²) in [6.45, 7) is 1.20. The maximum atomic E-state index is 12.9. The lowest BCUT2D eigenvalue weighted by atomic mass is 10.2. The second kappa shape index (κ2) is 7.05. The predicted octanol–water partition coefficient (Wildman–Crippen LogP) is 4.05.